The van der Waals surface area contributed by atoms with Crippen molar-refractivity contribution in [3.8, 4) is 17.2 Å². The van der Waals surface area contributed by atoms with Crippen molar-refractivity contribution in [2.24, 2.45) is 0 Å². The third-order valence-electron chi connectivity index (χ3n) is 5.91. The lowest BCUT2D eigenvalue weighted by atomic mass is 9.73. The predicted octanol–water partition coefficient (Wildman–Crippen LogP) is 3.72. The van der Waals surface area contributed by atoms with Crippen molar-refractivity contribution >= 4 is 11.7 Å². The fourth-order valence-corrected chi connectivity index (χ4v) is 4.47. The molecule has 0 aromatic heterocycles. The summed E-state index contributed by atoms with van der Waals surface area (Å²) in [5.41, 5.74) is 3.22. The number of benzene rings is 2. The summed E-state index contributed by atoms with van der Waals surface area (Å²) in [4.78, 5) is 25.9. The number of Topliss-reactive ketones (excluding diaryl/α,β-unsaturated/α-hetero) is 1. The molecule has 1 N–H and O–H groups in total. The zero-order valence-corrected chi connectivity index (χ0v) is 17.4. The average molecular weight is 407 g/mol. The largest absolute Gasteiger partial charge is 0.497 e. The summed E-state index contributed by atoms with van der Waals surface area (Å²) >= 11 is 0. The van der Waals surface area contributed by atoms with Gasteiger partial charge in [-0.1, -0.05) is 12.1 Å². The smallest absolute Gasteiger partial charge is 0.225 e. The van der Waals surface area contributed by atoms with Gasteiger partial charge < -0.3 is 19.5 Å². The molecule has 1 amide bonds. The monoisotopic (exact) mass is 407 g/mol. The lowest BCUT2D eigenvalue weighted by molar-refractivity contribution is -0.122. The van der Waals surface area contributed by atoms with E-state index in [1.807, 2.05) is 42.5 Å². The first-order valence-corrected chi connectivity index (χ1v) is 9.96. The fraction of sp³-hybridized carbons (Fsp3) is 0.333. The molecule has 0 bridgehead atoms. The van der Waals surface area contributed by atoms with E-state index in [1.165, 1.54) is 0 Å². The molecule has 0 fully saturated rings. The minimum absolute atomic E-state index is 0.00222. The van der Waals surface area contributed by atoms with E-state index in [-0.39, 0.29) is 29.9 Å². The van der Waals surface area contributed by atoms with Crippen molar-refractivity contribution in [1.29, 1.82) is 0 Å². The van der Waals surface area contributed by atoms with Gasteiger partial charge in [0, 0.05) is 35.6 Å². The second kappa shape index (κ2) is 8.22. The first-order chi connectivity index (χ1) is 14.5. The molecule has 0 saturated carbocycles. The van der Waals surface area contributed by atoms with Crippen LogP contribution in [0.3, 0.4) is 0 Å². The number of amides is 1. The molecule has 6 nitrogen and oxygen atoms in total. The Hall–Kier alpha value is -3.28. The van der Waals surface area contributed by atoms with Crippen LogP contribution in [0.2, 0.25) is 0 Å². The first kappa shape index (κ1) is 20.0. The number of nitrogens with one attached hydrogen (secondary N) is 1. The van der Waals surface area contributed by atoms with Gasteiger partial charge in [0.05, 0.1) is 21.3 Å². The summed E-state index contributed by atoms with van der Waals surface area (Å²) in [6.45, 7) is 0. The van der Waals surface area contributed by atoms with Gasteiger partial charge in [-0.3, -0.25) is 9.59 Å². The molecule has 156 valence electrons. The van der Waals surface area contributed by atoms with E-state index in [0.717, 1.165) is 16.9 Å². The average Bonchev–Trinajstić information content (AvgIpc) is 2.77. The molecule has 2 aromatic rings. The third kappa shape index (κ3) is 3.65. The maximum Gasteiger partial charge on any atom is 0.225 e. The summed E-state index contributed by atoms with van der Waals surface area (Å²) in [5.74, 6) is 1.67. The summed E-state index contributed by atoms with van der Waals surface area (Å²) in [5, 5.41) is 2.96. The lowest BCUT2D eigenvalue weighted by Crippen LogP contribution is -2.38. The van der Waals surface area contributed by atoms with Gasteiger partial charge in [-0.15, -0.1) is 0 Å². The van der Waals surface area contributed by atoms with Gasteiger partial charge in [-0.25, -0.2) is 0 Å². The topological polar surface area (TPSA) is 73.9 Å². The Labute approximate surface area is 175 Å². The van der Waals surface area contributed by atoms with Crippen LogP contribution >= 0.6 is 0 Å². The maximum absolute atomic E-state index is 13.3. The Balaban J connectivity index is 1.74. The van der Waals surface area contributed by atoms with Crippen molar-refractivity contribution in [2.75, 3.05) is 21.3 Å². The molecule has 6 heteroatoms. The number of ether oxygens (including phenoxy) is 3. The fourth-order valence-electron chi connectivity index (χ4n) is 4.47. The first-order valence-electron chi connectivity index (χ1n) is 9.96. The van der Waals surface area contributed by atoms with Crippen molar-refractivity contribution in [3.63, 3.8) is 0 Å². The molecule has 30 heavy (non-hydrogen) atoms. The molecule has 2 atom stereocenters. The second-order valence-electron chi connectivity index (χ2n) is 7.61. The van der Waals surface area contributed by atoms with E-state index in [2.05, 4.69) is 5.32 Å². The Morgan fingerprint density at radius 2 is 1.63 bits per heavy atom. The molecule has 1 heterocycles. The van der Waals surface area contributed by atoms with E-state index in [0.29, 0.717) is 35.6 Å². The molecule has 0 radical (unpaired) electrons. The van der Waals surface area contributed by atoms with Gasteiger partial charge in [0.25, 0.3) is 0 Å². The van der Waals surface area contributed by atoms with Gasteiger partial charge in [0.1, 0.15) is 17.2 Å². The van der Waals surface area contributed by atoms with Gasteiger partial charge >= 0.3 is 0 Å². The van der Waals surface area contributed by atoms with Gasteiger partial charge in [-0.05, 0) is 48.2 Å². The molecule has 1 aliphatic heterocycles. The SMILES string of the molecule is COc1cccc([C@H]2CC(=O)C3=C(C2)NC(=O)C[C@H]3c2cc(OC)ccc2OC)c1. The Bertz CT molecular complexity index is 1030. The van der Waals surface area contributed by atoms with Gasteiger partial charge in [0.2, 0.25) is 5.91 Å². The number of carbonyl (C=O) groups excluding carboxylic acids is 2. The number of carbonyl (C=O) groups is 2. The Morgan fingerprint density at radius 3 is 2.37 bits per heavy atom. The lowest BCUT2D eigenvalue weighted by Gasteiger charge is -2.35. The highest BCUT2D eigenvalue weighted by atomic mass is 16.5. The maximum atomic E-state index is 13.3. The van der Waals surface area contributed by atoms with E-state index in [4.69, 9.17) is 14.2 Å². The molecule has 4 rings (SSSR count). The van der Waals surface area contributed by atoms with Crippen molar-refractivity contribution in [3.05, 3.63) is 64.9 Å². The number of rotatable bonds is 5. The summed E-state index contributed by atoms with van der Waals surface area (Å²) in [6.07, 6.45) is 1.20. The van der Waals surface area contributed by atoms with E-state index in [1.54, 1.807) is 21.3 Å². The third-order valence-corrected chi connectivity index (χ3v) is 5.91. The molecule has 0 spiro atoms. The summed E-state index contributed by atoms with van der Waals surface area (Å²) in [6, 6.07) is 13.2. The molecule has 0 unspecified atom stereocenters. The van der Waals surface area contributed by atoms with Crippen molar-refractivity contribution in [1.82, 2.24) is 5.32 Å². The number of hydrogen-bond donors (Lipinski definition) is 1. The molecular weight excluding hydrogens is 382 g/mol. The Kier molecular flexibility index (Phi) is 5.48. The second-order valence-corrected chi connectivity index (χ2v) is 7.61. The Morgan fingerprint density at radius 1 is 0.867 bits per heavy atom. The minimum atomic E-state index is -0.349. The number of allylic oxidation sites excluding steroid dienone is 2. The van der Waals surface area contributed by atoms with E-state index < -0.39 is 0 Å². The van der Waals surface area contributed by atoms with Crippen molar-refractivity contribution in [2.45, 2.75) is 31.1 Å². The number of ketones is 1. The van der Waals surface area contributed by atoms with Crippen LogP contribution in [0.25, 0.3) is 0 Å². The minimum Gasteiger partial charge on any atom is -0.497 e. The highest BCUT2D eigenvalue weighted by molar-refractivity contribution is 6.02. The standard InChI is InChI=1S/C24H25NO5/c1-28-16-6-4-5-14(9-16)15-10-20-24(21(26)11-15)19(13-23(27)25-20)18-12-17(29-2)7-8-22(18)30-3/h4-9,12,15,19H,10-11,13H2,1-3H3,(H,25,27)/t15-,19+/m1/s1. The van der Waals surface area contributed by atoms with Crippen LogP contribution in [0.15, 0.2) is 53.7 Å². The van der Waals surface area contributed by atoms with Crippen LogP contribution < -0.4 is 19.5 Å². The predicted molar refractivity (Wildman–Crippen MR) is 112 cm³/mol. The number of methoxy groups -OCH3 is 3. The van der Waals surface area contributed by atoms with Crippen LogP contribution in [-0.2, 0) is 9.59 Å². The van der Waals surface area contributed by atoms with Crippen LogP contribution in [0.5, 0.6) is 17.2 Å². The normalized spacial score (nSPS) is 21.0. The zero-order valence-electron chi connectivity index (χ0n) is 17.4. The van der Waals surface area contributed by atoms with E-state index in [9.17, 15) is 9.59 Å². The summed E-state index contributed by atoms with van der Waals surface area (Å²) < 4.78 is 16.2. The molecule has 2 aliphatic rings. The van der Waals surface area contributed by atoms with Gasteiger partial charge in [0.15, 0.2) is 5.78 Å². The van der Waals surface area contributed by atoms with Crippen LogP contribution in [0.1, 0.15) is 42.2 Å². The molecular formula is C24H25NO5. The van der Waals surface area contributed by atoms with Crippen LogP contribution in [-0.4, -0.2) is 33.0 Å². The quantitative estimate of drug-likeness (QED) is 0.818. The zero-order chi connectivity index (χ0) is 21.3. The highest BCUT2D eigenvalue weighted by Gasteiger charge is 2.39. The van der Waals surface area contributed by atoms with Crippen molar-refractivity contribution < 1.29 is 23.8 Å². The molecule has 2 aromatic carbocycles. The molecule has 1 aliphatic carbocycles. The highest BCUT2D eigenvalue weighted by Crippen LogP contribution is 2.45. The van der Waals surface area contributed by atoms with Gasteiger partial charge in [-0.2, -0.15) is 0 Å². The van der Waals surface area contributed by atoms with E-state index >= 15 is 0 Å². The molecule has 0 saturated heterocycles. The number of hydrogen-bond acceptors (Lipinski definition) is 5. The summed E-state index contributed by atoms with van der Waals surface area (Å²) in [7, 11) is 4.80. The van der Waals surface area contributed by atoms with Crippen LogP contribution in [0, 0.1) is 0 Å². The van der Waals surface area contributed by atoms with Crippen LogP contribution in [0.4, 0.5) is 0 Å².